The molecular formula is C13H23NO4. The van der Waals surface area contributed by atoms with Crippen LogP contribution in [0.25, 0.3) is 0 Å². The number of carbonyl (C=O) groups excluding carboxylic acids is 2. The Morgan fingerprint density at radius 1 is 1.39 bits per heavy atom. The molecule has 18 heavy (non-hydrogen) atoms. The summed E-state index contributed by atoms with van der Waals surface area (Å²) < 4.78 is 10.2. The smallest absolute Gasteiger partial charge is 0.313 e. The number of hydrogen-bond acceptors (Lipinski definition) is 5. The maximum atomic E-state index is 11.7. The summed E-state index contributed by atoms with van der Waals surface area (Å²) in [7, 11) is 1.70. The van der Waals surface area contributed by atoms with Gasteiger partial charge in [0.05, 0.1) is 18.8 Å². The number of carbonyl (C=O) groups is 2. The molecule has 1 fully saturated rings. The highest BCUT2D eigenvalue weighted by Crippen LogP contribution is 2.23. The maximum Gasteiger partial charge on any atom is 0.313 e. The minimum atomic E-state index is -0.436. The Morgan fingerprint density at radius 3 is 2.72 bits per heavy atom. The second-order valence-corrected chi connectivity index (χ2v) is 4.99. The second kappa shape index (κ2) is 6.85. The van der Waals surface area contributed by atoms with Crippen molar-refractivity contribution in [2.75, 3.05) is 33.4 Å². The number of hydrogen-bond donors (Lipinski definition) is 0. The molecule has 0 aromatic heterocycles. The third-order valence-corrected chi connectivity index (χ3v) is 3.28. The van der Waals surface area contributed by atoms with E-state index in [1.807, 2.05) is 0 Å². The van der Waals surface area contributed by atoms with Gasteiger partial charge >= 0.3 is 5.97 Å². The average molecular weight is 257 g/mol. The van der Waals surface area contributed by atoms with Crippen LogP contribution >= 0.6 is 0 Å². The van der Waals surface area contributed by atoms with Crippen molar-refractivity contribution < 1.29 is 19.1 Å². The molecule has 0 aliphatic carbocycles. The van der Waals surface area contributed by atoms with Crippen LogP contribution < -0.4 is 0 Å². The number of ketones is 1. The third-order valence-electron chi connectivity index (χ3n) is 3.28. The molecule has 1 unspecified atom stereocenters. The van der Waals surface area contributed by atoms with Gasteiger partial charge < -0.3 is 9.47 Å². The van der Waals surface area contributed by atoms with Gasteiger partial charge in [0.25, 0.3) is 0 Å². The molecule has 0 N–H and O–H groups in total. The fourth-order valence-electron chi connectivity index (χ4n) is 2.29. The molecule has 1 aliphatic rings. The zero-order valence-electron chi connectivity index (χ0n) is 11.5. The van der Waals surface area contributed by atoms with Gasteiger partial charge in [-0.05, 0) is 33.2 Å². The van der Waals surface area contributed by atoms with Crippen molar-refractivity contribution in [1.29, 1.82) is 0 Å². The van der Waals surface area contributed by atoms with Gasteiger partial charge in [-0.1, -0.05) is 0 Å². The van der Waals surface area contributed by atoms with Gasteiger partial charge in [0.15, 0.2) is 5.78 Å². The number of nitrogens with zero attached hydrogens (tertiary/aromatic N) is 1. The van der Waals surface area contributed by atoms with Crippen molar-refractivity contribution in [2.24, 2.45) is 0 Å². The minimum Gasteiger partial charge on any atom is -0.466 e. The fourth-order valence-corrected chi connectivity index (χ4v) is 2.29. The Hall–Kier alpha value is -0.940. The molecule has 1 heterocycles. The molecule has 5 nitrogen and oxygen atoms in total. The van der Waals surface area contributed by atoms with Crippen molar-refractivity contribution in [2.45, 2.75) is 38.7 Å². The predicted molar refractivity (Wildman–Crippen MR) is 67.3 cm³/mol. The second-order valence-electron chi connectivity index (χ2n) is 4.99. The lowest BCUT2D eigenvalue weighted by molar-refractivity contribution is -0.146. The van der Waals surface area contributed by atoms with Gasteiger partial charge in [-0.2, -0.15) is 0 Å². The van der Waals surface area contributed by atoms with Crippen LogP contribution in [-0.4, -0.2) is 55.6 Å². The first kappa shape index (κ1) is 15.1. The standard InChI is InChI=1S/C13H23NO4/c1-4-18-12(16)8-11(15)9-14-7-5-6-13(2,10-14)17-3/h4-10H2,1-3H3. The van der Waals surface area contributed by atoms with Crippen LogP contribution in [0.2, 0.25) is 0 Å². The maximum absolute atomic E-state index is 11.7. The van der Waals surface area contributed by atoms with Gasteiger partial charge in [0.1, 0.15) is 6.42 Å². The van der Waals surface area contributed by atoms with E-state index < -0.39 is 5.97 Å². The minimum absolute atomic E-state index is 0.0891. The molecule has 5 heteroatoms. The molecule has 0 amide bonds. The molecule has 0 saturated carbocycles. The van der Waals surface area contributed by atoms with Gasteiger partial charge in [0, 0.05) is 13.7 Å². The highest BCUT2D eigenvalue weighted by Gasteiger charge is 2.31. The van der Waals surface area contributed by atoms with Gasteiger partial charge in [0.2, 0.25) is 0 Å². The largest absolute Gasteiger partial charge is 0.466 e. The highest BCUT2D eigenvalue weighted by molar-refractivity contribution is 5.96. The predicted octanol–water partition coefficient (Wildman–Crippen LogP) is 1.01. The molecule has 1 rings (SSSR count). The highest BCUT2D eigenvalue weighted by atomic mass is 16.5. The van der Waals surface area contributed by atoms with E-state index in [2.05, 4.69) is 11.8 Å². The quantitative estimate of drug-likeness (QED) is 0.525. The van der Waals surface area contributed by atoms with Crippen LogP contribution in [0.3, 0.4) is 0 Å². The summed E-state index contributed by atoms with van der Waals surface area (Å²) >= 11 is 0. The summed E-state index contributed by atoms with van der Waals surface area (Å²) in [6, 6.07) is 0. The number of piperidine rings is 1. The lowest BCUT2D eigenvalue weighted by Gasteiger charge is -2.39. The zero-order chi connectivity index (χ0) is 13.6. The first-order chi connectivity index (χ1) is 8.49. The SMILES string of the molecule is CCOC(=O)CC(=O)CN1CCCC(C)(OC)C1. The lowest BCUT2D eigenvalue weighted by atomic mass is 9.94. The van der Waals surface area contributed by atoms with Gasteiger partial charge in [-0.3, -0.25) is 14.5 Å². The molecule has 0 aromatic carbocycles. The van der Waals surface area contributed by atoms with E-state index in [1.165, 1.54) is 0 Å². The van der Waals surface area contributed by atoms with E-state index in [0.717, 1.165) is 25.9 Å². The van der Waals surface area contributed by atoms with Crippen molar-refractivity contribution in [3.05, 3.63) is 0 Å². The molecule has 1 atom stereocenters. The fraction of sp³-hybridized carbons (Fsp3) is 0.846. The molecule has 0 bridgehead atoms. The van der Waals surface area contributed by atoms with Crippen LogP contribution in [-0.2, 0) is 19.1 Å². The Bertz CT molecular complexity index is 305. The van der Waals surface area contributed by atoms with Crippen molar-refractivity contribution in [1.82, 2.24) is 4.90 Å². The van der Waals surface area contributed by atoms with E-state index in [4.69, 9.17) is 9.47 Å². The Labute approximate surface area is 108 Å². The van der Waals surface area contributed by atoms with Crippen LogP contribution in [0.5, 0.6) is 0 Å². The number of esters is 1. The summed E-state index contributed by atoms with van der Waals surface area (Å²) in [6.45, 7) is 6.02. The number of Topliss-reactive ketones (excluding diaryl/α,β-unsaturated/α-hetero) is 1. The van der Waals surface area contributed by atoms with Crippen LogP contribution in [0.1, 0.15) is 33.1 Å². The number of ether oxygens (including phenoxy) is 2. The summed E-state index contributed by atoms with van der Waals surface area (Å²) in [4.78, 5) is 25.0. The summed E-state index contributed by atoms with van der Waals surface area (Å²) in [5.74, 6) is -0.525. The summed E-state index contributed by atoms with van der Waals surface area (Å²) in [5, 5.41) is 0. The lowest BCUT2D eigenvalue weighted by Crippen LogP contribution is -2.48. The molecular weight excluding hydrogens is 234 g/mol. The third kappa shape index (κ3) is 4.74. The molecule has 0 radical (unpaired) electrons. The van der Waals surface area contributed by atoms with E-state index in [9.17, 15) is 9.59 Å². The van der Waals surface area contributed by atoms with Gasteiger partial charge in [-0.25, -0.2) is 0 Å². The summed E-state index contributed by atoms with van der Waals surface area (Å²) in [6.07, 6.45) is 1.89. The Kier molecular flexibility index (Phi) is 5.75. The van der Waals surface area contributed by atoms with E-state index >= 15 is 0 Å². The van der Waals surface area contributed by atoms with Crippen LogP contribution in [0, 0.1) is 0 Å². The zero-order valence-corrected chi connectivity index (χ0v) is 11.5. The molecule has 104 valence electrons. The number of methoxy groups -OCH3 is 1. The first-order valence-corrected chi connectivity index (χ1v) is 6.44. The molecule has 0 spiro atoms. The van der Waals surface area contributed by atoms with E-state index in [-0.39, 0.29) is 17.8 Å². The van der Waals surface area contributed by atoms with Crippen LogP contribution in [0.4, 0.5) is 0 Å². The normalized spacial score (nSPS) is 24.8. The Morgan fingerprint density at radius 2 is 2.11 bits per heavy atom. The Balaban J connectivity index is 2.38. The molecule has 0 aromatic rings. The summed E-state index contributed by atoms with van der Waals surface area (Å²) in [5.41, 5.74) is -0.178. The monoisotopic (exact) mass is 257 g/mol. The average Bonchev–Trinajstić information content (AvgIpc) is 2.29. The first-order valence-electron chi connectivity index (χ1n) is 6.44. The van der Waals surface area contributed by atoms with Gasteiger partial charge in [-0.15, -0.1) is 0 Å². The topological polar surface area (TPSA) is 55.8 Å². The van der Waals surface area contributed by atoms with Crippen LogP contribution in [0.15, 0.2) is 0 Å². The molecule has 1 aliphatic heterocycles. The van der Waals surface area contributed by atoms with Crippen molar-refractivity contribution in [3.8, 4) is 0 Å². The van der Waals surface area contributed by atoms with E-state index in [1.54, 1.807) is 14.0 Å². The van der Waals surface area contributed by atoms with Crippen molar-refractivity contribution in [3.63, 3.8) is 0 Å². The van der Waals surface area contributed by atoms with Crippen molar-refractivity contribution >= 4 is 11.8 Å². The van der Waals surface area contributed by atoms with E-state index in [0.29, 0.717) is 13.2 Å². The number of likely N-dealkylation sites (tertiary alicyclic amines) is 1. The number of rotatable bonds is 6. The molecule has 1 saturated heterocycles.